The summed E-state index contributed by atoms with van der Waals surface area (Å²) >= 11 is 0. The molecule has 1 aliphatic rings. The van der Waals surface area contributed by atoms with Crippen molar-refractivity contribution in [2.75, 3.05) is 30.9 Å². The molecule has 0 aromatic heterocycles. The van der Waals surface area contributed by atoms with Gasteiger partial charge in [-0.3, -0.25) is 10.3 Å². The van der Waals surface area contributed by atoms with Gasteiger partial charge in [0, 0.05) is 31.4 Å². The number of aliphatic imine (C=N–C) groups is 1. The Morgan fingerprint density at radius 1 is 1.32 bits per heavy atom. The molecule has 1 N–H and O–H groups in total. The molecule has 22 heavy (non-hydrogen) atoms. The zero-order chi connectivity index (χ0) is 15.9. The molecule has 1 aromatic rings. The van der Waals surface area contributed by atoms with E-state index in [2.05, 4.69) is 22.3 Å². The first kappa shape index (κ1) is 16.3. The zero-order valence-corrected chi connectivity index (χ0v) is 13.6. The number of hydrogen-bond donors (Lipinski definition) is 1. The lowest BCUT2D eigenvalue weighted by atomic mass is 10.1. The van der Waals surface area contributed by atoms with Gasteiger partial charge in [0.25, 0.3) is 0 Å². The van der Waals surface area contributed by atoms with Crippen LogP contribution in [0.2, 0.25) is 0 Å². The molecule has 0 atom stereocenters. The first-order chi connectivity index (χ1) is 10.7. The van der Waals surface area contributed by atoms with Crippen LogP contribution in [0.3, 0.4) is 0 Å². The van der Waals surface area contributed by atoms with E-state index in [1.54, 1.807) is 6.92 Å². The van der Waals surface area contributed by atoms with Gasteiger partial charge in [0.2, 0.25) is 0 Å². The molecule has 1 amide bonds. The summed E-state index contributed by atoms with van der Waals surface area (Å²) in [5.41, 5.74) is 1.80. The summed E-state index contributed by atoms with van der Waals surface area (Å²) in [6.07, 6.45) is 4.60. The van der Waals surface area contributed by atoms with Crippen molar-refractivity contribution in [3.63, 3.8) is 0 Å². The Morgan fingerprint density at radius 3 is 2.50 bits per heavy atom. The van der Waals surface area contributed by atoms with Crippen LogP contribution in [0.5, 0.6) is 0 Å². The van der Waals surface area contributed by atoms with Crippen LogP contribution in [0.4, 0.5) is 16.2 Å². The number of benzene rings is 1. The second kappa shape index (κ2) is 7.82. The smallest absolute Gasteiger partial charge is 0.411 e. The highest BCUT2D eigenvalue weighted by Gasteiger charge is 2.23. The van der Waals surface area contributed by atoms with Gasteiger partial charge in [0.1, 0.15) is 5.84 Å². The van der Waals surface area contributed by atoms with Gasteiger partial charge in [-0.1, -0.05) is 12.8 Å². The number of nitrogens with zero attached hydrogens (tertiary/aromatic N) is 2. The summed E-state index contributed by atoms with van der Waals surface area (Å²) in [6.45, 7) is 2.15. The second-order valence-corrected chi connectivity index (χ2v) is 5.51. The topological polar surface area (TPSA) is 53.9 Å². The molecule has 0 spiro atoms. The molecule has 0 unspecified atom stereocenters. The third kappa shape index (κ3) is 4.00. The molecule has 2 rings (SSSR count). The number of amidine groups is 1. The van der Waals surface area contributed by atoms with Crippen LogP contribution in [-0.2, 0) is 4.74 Å². The molecule has 1 aromatic carbocycles. The number of rotatable bonds is 4. The summed E-state index contributed by atoms with van der Waals surface area (Å²) in [6, 6.07) is 7.73. The molecule has 1 saturated carbocycles. The van der Waals surface area contributed by atoms with Crippen molar-refractivity contribution in [2.45, 2.75) is 32.6 Å². The highest BCUT2D eigenvalue weighted by molar-refractivity contribution is 5.99. The van der Waals surface area contributed by atoms with Crippen LogP contribution in [0.15, 0.2) is 29.3 Å². The van der Waals surface area contributed by atoms with E-state index in [4.69, 9.17) is 4.74 Å². The Balaban J connectivity index is 2.03. The van der Waals surface area contributed by atoms with Gasteiger partial charge in [-0.05, 0) is 44.0 Å². The molecule has 5 nitrogen and oxygen atoms in total. The predicted molar refractivity (Wildman–Crippen MR) is 90.8 cm³/mol. The van der Waals surface area contributed by atoms with E-state index in [9.17, 15) is 4.79 Å². The number of anilines is 2. The standard InChI is InChI=1S/C17H25N3O2/c1-4-22-17(21)19-14-9-11-15(12-10-14)20(3)16(18-2)13-7-5-6-8-13/h9-13H,4-8H2,1-3H3,(H,19,21). The molecule has 0 aliphatic heterocycles. The molecular weight excluding hydrogens is 278 g/mol. The van der Waals surface area contributed by atoms with Gasteiger partial charge in [0.15, 0.2) is 0 Å². The van der Waals surface area contributed by atoms with E-state index in [0.717, 1.165) is 17.2 Å². The van der Waals surface area contributed by atoms with Gasteiger partial charge >= 0.3 is 6.09 Å². The Hall–Kier alpha value is -2.04. The average Bonchev–Trinajstić information content (AvgIpc) is 3.03. The summed E-state index contributed by atoms with van der Waals surface area (Å²) in [5, 5.41) is 2.70. The monoisotopic (exact) mass is 303 g/mol. The van der Waals surface area contributed by atoms with Crippen LogP contribution in [0, 0.1) is 5.92 Å². The summed E-state index contributed by atoms with van der Waals surface area (Å²) in [5.74, 6) is 1.70. The molecule has 120 valence electrons. The first-order valence-corrected chi connectivity index (χ1v) is 7.90. The molecule has 1 aliphatic carbocycles. The number of carbonyl (C=O) groups is 1. The third-order valence-corrected chi connectivity index (χ3v) is 4.07. The van der Waals surface area contributed by atoms with Crippen molar-refractivity contribution in [1.82, 2.24) is 0 Å². The normalized spacial score (nSPS) is 15.7. The lowest BCUT2D eigenvalue weighted by molar-refractivity contribution is 0.168. The quantitative estimate of drug-likeness (QED) is 0.677. The summed E-state index contributed by atoms with van der Waals surface area (Å²) in [4.78, 5) is 18.0. The number of ether oxygens (including phenoxy) is 1. The van der Waals surface area contributed by atoms with E-state index in [-0.39, 0.29) is 0 Å². The van der Waals surface area contributed by atoms with Crippen molar-refractivity contribution in [1.29, 1.82) is 0 Å². The van der Waals surface area contributed by atoms with E-state index in [1.165, 1.54) is 25.7 Å². The highest BCUT2D eigenvalue weighted by atomic mass is 16.5. The summed E-state index contributed by atoms with van der Waals surface area (Å²) < 4.78 is 4.87. The second-order valence-electron chi connectivity index (χ2n) is 5.51. The molecule has 0 bridgehead atoms. The van der Waals surface area contributed by atoms with Crippen molar-refractivity contribution < 1.29 is 9.53 Å². The fourth-order valence-electron chi connectivity index (χ4n) is 2.98. The van der Waals surface area contributed by atoms with Crippen molar-refractivity contribution in [3.8, 4) is 0 Å². The largest absolute Gasteiger partial charge is 0.450 e. The van der Waals surface area contributed by atoms with E-state index in [0.29, 0.717) is 12.5 Å². The van der Waals surface area contributed by atoms with Gasteiger partial charge < -0.3 is 9.64 Å². The Labute approximate surface area is 132 Å². The van der Waals surface area contributed by atoms with E-state index < -0.39 is 6.09 Å². The minimum absolute atomic E-state index is 0.365. The van der Waals surface area contributed by atoms with Gasteiger partial charge in [-0.2, -0.15) is 0 Å². The highest BCUT2D eigenvalue weighted by Crippen LogP contribution is 2.29. The van der Waals surface area contributed by atoms with Crippen LogP contribution in [0.1, 0.15) is 32.6 Å². The average molecular weight is 303 g/mol. The number of amides is 1. The van der Waals surface area contributed by atoms with Crippen LogP contribution in [-0.4, -0.2) is 32.6 Å². The lowest BCUT2D eigenvalue weighted by Crippen LogP contribution is -2.32. The van der Waals surface area contributed by atoms with Crippen molar-refractivity contribution in [3.05, 3.63) is 24.3 Å². The predicted octanol–water partition coefficient (Wildman–Crippen LogP) is 3.91. The van der Waals surface area contributed by atoms with Gasteiger partial charge in [-0.25, -0.2) is 4.79 Å². The Bertz CT molecular complexity index is 519. The van der Waals surface area contributed by atoms with Crippen molar-refractivity contribution in [2.24, 2.45) is 10.9 Å². The minimum atomic E-state index is -0.426. The lowest BCUT2D eigenvalue weighted by Gasteiger charge is -2.25. The molecule has 0 radical (unpaired) electrons. The Morgan fingerprint density at radius 2 is 1.95 bits per heavy atom. The van der Waals surface area contributed by atoms with E-state index >= 15 is 0 Å². The van der Waals surface area contributed by atoms with Crippen molar-refractivity contribution >= 4 is 23.3 Å². The minimum Gasteiger partial charge on any atom is -0.450 e. The molecule has 0 heterocycles. The fraction of sp³-hybridized carbons (Fsp3) is 0.529. The van der Waals surface area contributed by atoms with Crippen LogP contribution in [0.25, 0.3) is 0 Å². The zero-order valence-electron chi connectivity index (χ0n) is 13.6. The number of hydrogen-bond acceptors (Lipinski definition) is 3. The van der Waals surface area contributed by atoms with Crippen LogP contribution >= 0.6 is 0 Å². The maximum Gasteiger partial charge on any atom is 0.411 e. The molecule has 5 heteroatoms. The third-order valence-electron chi connectivity index (χ3n) is 4.07. The fourth-order valence-corrected chi connectivity index (χ4v) is 2.98. The number of carbonyl (C=O) groups excluding carboxylic acids is 1. The SMILES string of the molecule is CCOC(=O)Nc1ccc(N(C)C(=NC)C2CCCC2)cc1. The first-order valence-electron chi connectivity index (χ1n) is 7.90. The maximum atomic E-state index is 11.4. The van der Waals surface area contributed by atoms with Gasteiger partial charge in [-0.15, -0.1) is 0 Å². The Kier molecular flexibility index (Phi) is 5.81. The molecule has 1 fully saturated rings. The van der Waals surface area contributed by atoms with E-state index in [1.807, 2.05) is 31.3 Å². The van der Waals surface area contributed by atoms with Crippen LogP contribution < -0.4 is 10.2 Å². The maximum absolute atomic E-state index is 11.4. The summed E-state index contributed by atoms with van der Waals surface area (Å²) in [7, 11) is 3.91. The van der Waals surface area contributed by atoms with Gasteiger partial charge in [0.05, 0.1) is 6.61 Å². The molecular formula is C17H25N3O2. The number of nitrogens with one attached hydrogen (secondary N) is 1. The molecule has 0 saturated heterocycles.